The van der Waals surface area contributed by atoms with E-state index < -0.39 is 6.04 Å². The molecule has 0 radical (unpaired) electrons. The number of hydrogen-bond acceptors (Lipinski definition) is 5. The van der Waals surface area contributed by atoms with E-state index >= 15 is 0 Å². The molecule has 0 saturated carbocycles. The first-order chi connectivity index (χ1) is 9.18. The van der Waals surface area contributed by atoms with Crippen LogP contribution in [0.1, 0.15) is 13.3 Å². The molecule has 2 rings (SSSR count). The molecule has 100 valence electrons. The molecule has 0 aromatic carbocycles. The van der Waals surface area contributed by atoms with E-state index in [0.29, 0.717) is 18.9 Å². The molecule has 2 amide bonds. The van der Waals surface area contributed by atoms with Crippen LogP contribution in [0, 0.1) is 0 Å². The highest BCUT2D eigenvalue weighted by atomic mass is 16.2. The number of rotatable bonds is 5. The van der Waals surface area contributed by atoms with Crippen LogP contribution in [0.25, 0.3) is 0 Å². The zero-order valence-corrected chi connectivity index (χ0v) is 10.6. The monoisotopic (exact) mass is 261 g/mol. The molecule has 1 unspecified atom stereocenters. The van der Waals surface area contributed by atoms with Crippen LogP contribution in [0.5, 0.6) is 0 Å². The predicted molar refractivity (Wildman–Crippen MR) is 69.6 cm³/mol. The normalized spacial score (nSPS) is 20.5. The molecule has 7 nitrogen and oxygen atoms in total. The van der Waals surface area contributed by atoms with E-state index in [1.807, 2.05) is 6.08 Å². The summed E-state index contributed by atoms with van der Waals surface area (Å²) in [6.45, 7) is 2.71. The van der Waals surface area contributed by atoms with Gasteiger partial charge in [0.05, 0.1) is 0 Å². The van der Waals surface area contributed by atoms with Gasteiger partial charge in [-0.2, -0.15) is 0 Å². The van der Waals surface area contributed by atoms with Crippen molar-refractivity contribution in [2.24, 2.45) is 15.2 Å². The Hall–Kier alpha value is -2.31. The molecular formula is C12H15N5O2. The summed E-state index contributed by atoms with van der Waals surface area (Å²) in [4.78, 5) is 26.3. The Bertz CT molecular complexity index is 504. The Morgan fingerprint density at radius 3 is 3.00 bits per heavy atom. The van der Waals surface area contributed by atoms with Crippen molar-refractivity contribution in [2.45, 2.75) is 19.4 Å². The summed E-state index contributed by atoms with van der Waals surface area (Å²) in [5.74, 6) is 0.175. The SMILES string of the molecule is CC(=O)NCCCNC1=C2C=CC=NC2C(=O)N=N1. The summed E-state index contributed by atoms with van der Waals surface area (Å²) in [6, 6.07) is -0.569. The predicted octanol–water partition coefficient (Wildman–Crippen LogP) is 0.315. The standard InChI is InChI=1S/C12H15N5O2/c1-8(18)13-6-3-7-15-11-9-4-2-5-14-10(9)12(19)17-16-11/h2,4-5,10,15H,3,6-7H2,1H3,(H,13,18). The van der Waals surface area contributed by atoms with Crippen LogP contribution >= 0.6 is 0 Å². The number of dihydropyridines is 1. The summed E-state index contributed by atoms with van der Waals surface area (Å²) >= 11 is 0. The Labute approximate surface area is 110 Å². The average Bonchev–Trinajstić information content (AvgIpc) is 2.41. The van der Waals surface area contributed by atoms with Gasteiger partial charge >= 0.3 is 0 Å². The molecular weight excluding hydrogens is 246 g/mol. The number of nitrogens with zero attached hydrogens (tertiary/aromatic N) is 3. The van der Waals surface area contributed by atoms with Gasteiger partial charge in [-0.15, -0.1) is 10.2 Å². The molecule has 2 N–H and O–H groups in total. The molecule has 0 bridgehead atoms. The molecule has 0 fully saturated rings. The molecule has 0 saturated heterocycles. The van der Waals surface area contributed by atoms with Crippen molar-refractivity contribution < 1.29 is 9.59 Å². The largest absolute Gasteiger partial charge is 0.368 e. The van der Waals surface area contributed by atoms with Crippen molar-refractivity contribution in [3.8, 4) is 0 Å². The van der Waals surface area contributed by atoms with Gasteiger partial charge in [0, 0.05) is 31.8 Å². The molecule has 2 aliphatic rings. The van der Waals surface area contributed by atoms with Gasteiger partial charge in [-0.3, -0.25) is 14.6 Å². The lowest BCUT2D eigenvalue weighted by Gasteiger charge is -2.19. The van der Waals surface area contributed by atoms with E-state index in [-0.39, 0.29) is 11.8 Å². The molecule has 2 heterocycles. The minimum atomic E-state index is -0.569. The number of amides is 2. The van der Waals surface area contributed by atoms with Crippen molar-refractivity contribution in [2.75, 3.05) is 13.1 Å². The number of azo groups is 1. The van der Waals surface area contributed by atoms with Crippen molar-refractivity contribution in [1.82, 2.24) is 10.6 Å². The maximum atomic E-state index is 11.5. The highest BCUT2D eigenvalue weighted by molar-refractivity contribution is 5.91. The molecule has 0 aliphatic carbocycles. The Morgan fingerprint density at radius 2 is 2.21 bits per heavy atom. The lowest BCUT2D eigenvalue weighted by Crippen LogP contribution is -2.30. The quantitative estimate of drug-likeness (QED) is 0.697. The highest BCUT2D eigenvalue weighted by Crippen LogP contribution is 2.22. The number of nitrogens with one attached hydrogen (secondary N) is 2. The Morgan fingerprint density at radius 1 is 1.37 bits per heavy atom. The number of fused-ring (bicyclic) bond motifs is 1. The minimum Gasteiger partial charge on any atom is -0.368 e. The molecule has 0 aromatic heterocycles. The number of aliphatic imine (C=N–C) groups is 1. The third-order valence-corrected chi connectivity index (χ3v) is 2.67. The van der Waals surface area contributed by atoms with Crippen molar-refractivity contribution in [3.63, 3.8) is 0 Å². The first-order valence-electron chi connectivity index (χ1n) is 6.06. The van der Waals surface area contributed by atoms with Crippen LogP contribution in [0.15, 0.2) is 38.8 Å². The van der Waals surface area contributed by atoms with Crippen molar-refractivity contribution in [3.05, 3.63) is 23.5 Å². The van der Waals surface area contributed by atoms with Crippen LogP contribution < -0.4 is 10.6 Å². The van der Waals surface area contributed by atoms with Gasteiger partial charge in [-0.1, -0.05) is 6.08 Å². The number of allylic oxidation sites excluding steroid dienone is 1. The Kier molecular flexibility index (Phi) is 4.17. The smallest absolute Gasteiger partial charge is 0.293 e. The average molecular weight is 261 g/mol. The lowest BCUT2D eigenvalue weighted by atomic mass is 10.0. The van der Waals surface area contributed by atoms with Gasteiger partial charge in [-0.25, -0.2) is 0 Å². The summed E-state index contributed by atoms with van der Waals surface area (Å²) in [6.07, 6.45) is 5.92. The second kappa shape index (κ2) is 6.03. The number of carbonyl (C=O) groups is 2. The van der Waals surface area contributed by atoms with E-state index in [9.17, 15) is 9.59 Å². The summed E-state index contributed by atoms with van der Waals surface area (Å²) in [5.41, 5.74) is 0.738. The first kappa shape index (κ1) is 13.1. The van der Waals surface area contributed by atoms with Crippen LogP contribution in [0.3, 0.4) is 0 Å². The van der Waals surface area contributed by atoms with Crippen LogP contribution in [0.2, 0.25) is 0 Å². The number of carbonyl (C=O) groups excluding carboxylic acids is 2. The molecule has 0 aromatic rings. The molecule has 0 spiro atoms. The van der Waals surface area contributed by atoms with E-state index in [0.717, 1.165) is 12.0 Å². The second-order valence-corrected chi connectivity index (χ2v) is 4.17. The van der Waals surface area contributed by atoms with E-state index in [1.54, 1.807) is 12.3 Å². The summed E-state index contributed by atoms with van der Waals surface area (Å²) in [7, 11) is 0. The van der Waals surface area contributed by atoms with Crippen LogP contribution in [-0.2, 0) is 9.59 Å². The minimum absolute atomic E-state index is 0.0467. The van der Waals surface area contributed by atoms with Gasteiger partial charge in [0.1, 0.15) is 0 Å². The molecule has 19 heavy (non-hydrogen) atoms. The second-order valence-electron chi connectivity index (χ2n) is 4.17. The summed E-state index contributed by atoms with van der Waals surface area (Å²) < 4.78 is 0. The first-order valence-corrected chi connectivity index (χ1v) is 6.06. The van der Waals surface area contributed by atoms with E-state index in [2.05, 4.69) is 25.9 Å². The number of hydrogen-bond donors (Lipinski definition) is 2. The third kappa shape index (κ3) is 3.34. The fourth-order valence-corrected chi connectivity index (χ4v) is 1.77. The van der Waals surface area contributed by atoms with Gasteiger partial charge in [0.2, 0.25) is 5.91 Å². The van der Waals surface area contributed by atoms with E-state index in [1.165, 1.54) is 6.92 Å². The topological polar surface area (TPSA) is 95.3 Å². The van der Waals surface area contributed by atoms with E-state index in [4.69, 9.17) is 0 Å². The zero-order chi connectivity index (χ0) is 13.7. The summed E-state index contributed by atoms with van der Waals surface area (Å²) in [5, 5.41) is 13.2. The Balaban J connectivity index is 1.90. The fraction of sp³-hybridized carbons (Fsp3) is 0.417. The molecule has 1 atom stereocenters. The van der Waals surface area contributed by atoms with Gasteiger partial charge in [0.25, 0.3) is 5.91 Å². The fourth-order valence-electron chi connectivity index (χ4n) is 1.77. The lowest BCUT2D eigenvalue weighted by molar-refractivity contribution is -0.119. The maximum Gasteiger partial charge on any atom is 0.293 e. The van der Waals surface area contributed by atoms with Crippen molar-refractivity contribution >= 4 is 18.0 Å². The van der Waals surface area contributed by atoms with Crippen molar-refractivity contribution in [1.29, 1.82) is 0 Å². The van der Waals surface area contributed by atoms with Gasteiger partial charge in [0.15, 0.2) is 11.9 Å². The van der Waals surface area contributed by atoms with Gasteiger partial charge < -0.3 is 10.6 Å². The third-order valence-electron chi connectivity index (χ3n) is 2.67. The molecule has 2 aliphatic heterocycles. The van der Waals surface area contributed by atoms with Gasteiger partial charge in [-0.05, 0) is 12.5 Å². The van der Waals surface area contributed by atoms with Crippen LogP contribution in [0.4, 0.5) is 0 Å². The molecule has 7 heteroatoms. The zero-order valence-electron chi connectivity index (χ0n) is 10.6. The highest BCUT2D eigenvalue weighted by Gasteiger charge is 2.28. The van der Waals surface area contributed by atoms with Crippen LogP contribution in [-0.4, -0.2) is 37.2 Å². The maximum absolute atomic E-state index is 11.5.